The molecule has 1 atom stereocenters. The molecule has 1 N–H and O–H groups in total. The average Bonchev–Trinajstić information content (AvgIpc) is 2.95. The Morgan fingerprint density at radius 2 is 2.44 bits per heavy atom. The second-order valence-corrected chi connectivity index (χ2v) is 5.15. The highest BCUT2D eigenvalue weighted by atomic mass is 32.1. The molecule has 1 aliphatic heterocycles. The number of hydrogen-bond acceptors (Lipinski definition) is 4. The number of rotatable bonds is 2. The van der Waals surface area contributed by atoms with Crippen molar-refractivity contribution in [2.45, 2.75) is 18.9 Å². The number of amides is 1. The van der Waals surface area contributed by atoms with E-state index in [1.54, 1.807) is 6.07 Å². The minimum absolute atomic E-state index is 0.174. The first-order chi connectivity index (χ1) is 8.72. The Bertz CT molecular complexity index is 593. The summed E-state index contributed by atoms with van der Waals surface area (Å²) in [5.41, 5.74) is 0.684. The standard InChI is InChI=1S/C12H11FN2O2S/c13-7-3-4-8-10(6-7)18-12(14-8)15-11(16)9-2-1-5-17-9/h3-4,6,9H,1-2,5H2,(H,14,15,16)/t9-/m1/s1. The van der Waals surface area contributed by atoms with Crippen LogP contribution in [0.3, 0.4) is 0 Å². The zero-order valence-electron chi connectivity index (χ0n) is 9.48. The maximum absolute atomic E-state index is 13.0. The van der Waals surface area contributed by atoms with Gasteiger partial charge in [-0.1, -0.05) is 11.3 Å². The molecule has 18 heavy (non-hydrogen) atoms. The molecule has 1 fully saturated rings. The first kappa shape index (κ1) is 11.6. The first-order valence-electron chi connectivity index (χ1n) is 5.71. The van der Waals surface area contributed by atoms with Gasteiger partial charge in [-0.25, -0.2) is 9.37 Å². The third-order valence-electron chi connectivity index (χ3n) is 2.80. The van der Waals surface area contributed by atoms with Gasteiger partial charge < -0.3 is 4.74 Å². The second kappa shape index (κ2) is 4.62. The number of carbonyl (C=O) groups is 1. The number of anilines is 1. The molecule has 3 rings (SSSR count). The van der Waals surface area contributed by atoms with E-state index in [1.807, 2.05) is 0 Å². The molecule has 6 heteroatoms. The summed E-state index contributed by atoms with van der Waals surface area (Å²) in [5, 5.41) is 3.20. The van der Waals surface area contributed by atoms with Crippen LogP contribution in [0.15, 0.2) is 18.2 Å². The molecule has 1 aromatic heterocycles. The van der Waals surface area contributed by atoms with Crippen molar-refractivity contribution in [1.82, 2.24) is 4.98 Å². The Morgan fingerprint density at radius 1 is 1.56 bits per heavy atom. The number of thiazole rings is 1. The summed E-state index contributed by atoms with van der Waals surface area (Å²) in [5.74, 6) is -0.477. The molecule has 0 radical (unpaired) electrons. The van der Waals surface area contributed by atoms with Crippen molar-refractivity contribution in [1.29, 1.82) is 0 Å². The van der Waals surface area contributed by atoms with Crippen LogP contribution < -0.4 is 5.32 Å². The van der Waals surface area contributed by atoms with Crippen LogP contribution in [0, 0.1) is 5.82 Å². The van der Waals surface area contributed by atoms with Gasteiger partial charge in [0.15, 0.2) is 5.13 Å². The Kier molecular flexibility index (Phi) is 2.97. The van der Waals surface area contributed by atoms with Crippen LogP contribution in [0.5, 0.6) is 0 Å². The fourth-order valence-corrected chi connectivity index (χ4v) is 2.82. The first-order valence-corrected chi connectivity index (χ1v) is 6.52. The van der Waals surface area contributed by atoms with E-state index in [0.29, 0.717) is 17.3 Å². The fraction of sp³-hybridized carbons (Fsp3) is 0.333. The zero-order chi connectivity index (χ0) is 12.5. The van der Waals surface area contributed by atoms with E-state index < -0.39 is 0 Å². The van der Waals surface area contributed by atoms with Crippen molar-refractivity contribution in [3.05, 3.63) is 24.0 Å². The quantitative estimate of drug-likeness (QED) is 0.908. The van der Waals surface area contributed by atoms with Crippen LogP contribution in [0.2, 0.25) is 0 Å². The molecule has 2 aromatic rings. The SMILES string of the molecule is O=C(Nc1nc2ccc(F)cc2s1)[C@H]1CCCO1. The molecule has 94 valence electrons. The number of ether oxygens (including phenoxy) is 1. The molecule has 1 aromatic carbocycles. The predicted molar refractivity (Wildman–Crippen MR) is 67.2 cm³/mol. The monoisotopic (exact) mass is 266 g/mol. The van der Waals surface area contributed by atoms with Crippen molar-refractivity contribution in [3.63, 3.8) is 0 Å². The van der Waals surface area contributed by atoms with E-state index in [0.717, 1.165) is 17.5 Å². The molecule has 4 nitrogen and oxygen atoms in total. The van der Waals surface area contributed by atoms with E-state index in [-0.39, 0.29) is 17.8 Å². The van der Waals surface area contributed by atoms with Crippen molar-refractivity contribution >= 4 is 32.6 Å². The zero-order valence-corrected chi connectivity index (χ0v) is 10.3. The van der Waals surface area contributed by atoms with Crippen LogP contribution in [0.4, 0.5) is 9.52 Å². The number of benzene rings is 1. The molecule has 2 heterocycles. The Balaban J connectivity index is 1.79. The van der Waals surface area contributed by atoms with Gasteiger partial charge in [0.05, 0.1) is 10.2 Å². The second-order valence-electron chi connectivity index (χ2n) is 4.12. The molecule has 0 spiro atoms. The highest BCUT2D eigenvalue weighted by molar-refractivity contribution is 7.22. The van der Waals surface area contributed by atoms with Crippen molar-refractivity contribution in [2.24, 2.45) is 0 Å². The van der Waals surface area contributed by atoms with Crippen LogP contribution in [0.1, 0.15) is 12.8 Å². The van der Waals surface area contributed by atoms with Gasteiger partial charge in [0.1, 0.15) is 11.9 Å². The van der Waals surface area contributed by atoms with E-state index in [1.165, 1.54) is 23.5 Å². The predicted octanol–water partition coefficient (Wildman–Crippen LogP) is 2.55. The Hall–Kier alpha value is -1.53. The molecule has 0 aliphatic carbocycles. The van der Waals surface area contributed by atoms with Crippen LogP contribution >= 0.6 is 11.3 Å². The van der Waals surface area contributed by atoms with Crippen LogP contribution in [-0.2, 0) is 9.53 Å². The highest BCUT2D eigenvalue weighted by Gasteiger charge is 2.24. The van der Waals surface area contributed by atoms with Crippen LogP contribution in [-0.4, -0.2) is 23.6 Å². The number of nitrogens with zero attached hydrogens (tertiary/aromatic N) is 1. The van der Waals surface area contributed by atoms with Crippen LogP contribution in [0.25, 0.3) is 10.2 Å². The van der Waals surface area contributed by atoms with E-state index in [4.69, 9.17) is 4.74 Å². The molecule has 1 amide bonds. The third-order valence-corrected chi connectivity index (χ3v) is 3.74. The lowest BCUT2D eigenvalue weighted by Gasteiger charge is -2.07. The number of halogens is 1. The summed E-state index contributed by atoms with van der Waals surface area (Å²) in [7, 11) is 0. The van der Waals surface area contributed by atoms with Gasteiger partial charge in [-0.15, -0.1) is 0 Å². The largest absolute Gasteiger partial charge is 0.368 e. The summed E-state index contributed by atoms with van der Waals surface area (Å²) < 4.78 is 19.0. The van der Waals surface area contributed by atoms with E-state index >= 15 is 0 Å². The molecule has 0 saturated carbocycles. The lowest BCUT2D eigenvalue weighted by Crippen LogP contribution is -2.26. The molecule has 0 bridgehead atoms. The number of nitrogens with one attached hydrogen (secondary N) is 1. The highest BCUT2D eigenvalue weighted by Crippen LogP contribution is 2.27. The summed E-state index contributed by atoms with van der Waals surface area (Å²) in [6, 6.07) is 4.37. The van der Waals surface area contributed by atoms with Gasteiger partial charge in [0, 0.05) is 6.61 Å². The smallest absolute Gasteiger partial charge is 0.255 e. The van der Waals surface area contributed by atoms with Crippen molar-refractivity contribution < 1.29 is 13.9 Å². The number of aromatic nitrogens is 1. The third kappa shape index (κ3) is 2.21. The molecular formula is C12H11FN2O2S. The van der Waals surface area contributed by atoms with Gasteiger partial charge >= 0.3 is 0 Å². The minimum Gasteiger partial charge on any atom is -0.368 e. The van der Waals surface area contributed by atoms with Gasteiger partial charge in [-0.3, -0.25) is 10.1 Å². The summed E-state index contributed by atoms with van der Waals surface area (Å²) in [6.07, 6.45) is 1.27. The van der Waals surface area contributed by atoms with Gasteiger partial charge in [0.2, 0.25) is 0 Å². The molecular weight excluding hydrogens is 255 g/mol. The van der Waals surface area contributed by atoms with Gasteiger partial charge in [-0.2, -0.15) is 0 Å². The minimum atomic E-state index is -0.381. The molecule has 1 saturated heterocycles. The normalized spacial score (nSPS) is 19.3. The van der Waals surface area contributed by atoms with Gasteiger partial charge in [-0.05, 0) is 31.0 Å². The lowest BCUT2D eigenvalue weighted by molar-refractivity contribution is -0.124. The number of fused-ring (bicyclic) bond motifs is 1. The molecule has 0 unspecified atom stereocenters. The van der Waals surface area contributed by atoms with E-state index in [9.17, 15) is 9.18 Å². The Morgan fingerprint density at radius 3 is 3.22 bits per heavy atom. The lowest BCUT2D eigenvalue weighted by atomic mass is 10.2. The summed E-state index contributed by atoms with van der Waals surface area (Å²) in [6.45, 7) is 0.628. The maximum Gasteiger partial charge on any atom is 0.255 e. The maximum atomic E-state index is 13.0. The average molecular weight is 266 g/mol. The number of carbonyl (C=O) groups excluding carboxylic acids is 1. The van der Waals surface area contributed by atoms with E-state index in [2.05, 4.69) is 10.3 Å². The number of hydrogen-bond donors (Lipinski definition) is 1. The van der Waals surface area contributed by atoms with Crippen molar-refractivity contribution in [3.8, 4) is 0 Å². The summed E-state index contributed by atoms with van der Waals surface area (Å²) in [4.78, 5) is 16.0. The Labute approximate surface area is 107 Å². The molecule has 1 aliphatic rings. The van der Waals surface area contributed by atoms with Crippen molar-refractivity contribution in [2.75, 3.05) is 11.9 Å². The van der Waals surface area contributed by atoms with Gasteiger partial charge in [0.25, 0.3) is 5.91 Å². The fourth-order valence-electron chi connectivity index (χ4n) is 1.92. The topological polar surface area (TPSA) is 51.2 Å². The summed E-state index contributed by atoms with van der Waals surface area (Å²) >= 11 is 1.26.